The zero-order chi connectivity index (χ0) is 11.1. The van der Waals surface area contributed by atoms with Crippen molar-refractivity contribution in [3.8, 4) is 0 Å². The number of nitrogens with one attached hydrogen (secondary N) is 1. The van der Waals surface area contributed by atoms with Crippen LogP contribution >= 0.6 is 0 Å². The largest absolute Gasteiger partial charge is 0.480 e. The van der Waals surface area contributed by atoms with Crippen LogP contribution in [0.1, 0.15) is 6.42 Å². The number of nitrogens with zero attached hydrogens (tertiary/aromatic N) is 2. The van der Waals surface area contributed by atoms with Crippen LogP contribution in [0.3, 0.4) is 0 Å². The predicted molar refractivity (Wildman–Crippen MR) is 48.5 cm³/mol. The molecule has 1 fully saturated rings. The number of carbonyl (C=O) groups is 1. The van der Waals surface area contributed by atoms with Crippen molar-refractivity contribution in [1.29, 1.82) is 0 Å². The summed E-state index contributed by atoms with van der Waals surface area (Å²) in [5.41, 5.74) is 0. The van der Waals surface area contributed by atoms with Gasteiger partial charge in [-0.25, -0.2) is 13.4 Å². The van der Waals surface area contributed by atoms with Crippen LogP contribution in [-0.2, 0) is 14.8 Å². The molecular weight excluding hydrogens is 222 g/mol. The molecule has 2 heterocycles. The van der Waals surface area contributed by atoms with E-state index in [0.29, 0.717) is 6.42 Å². The highest BCUT2D eigenvalue weighted by Crippen LogP contribution is 2.25. The normalized spacial score (nSPS) is 22.3. The first-order chi connectivity index (χ1) is 7.03. The van der Waals surface area contributed by atoms with Gasteiger partial charge in [-0.2, -0.15) is 4.31 Å². The molecule has 0 spiro atoms. The van der Waals surface area contributed by atoms with Crippen LogP contribution in [0.4, 0.5) is 0 Å². The first kappa shape index (κ1) is 10.1. The lowest BCUT2D eigenvalue weighted by Crippen LogP contribution is -2.55. The molecule has 8 heteroatoms. The molecule has 0 aliphatic carbocycles. The third-order valence-electron chi connectivity index (χ3n) is 2.28. The van der Waals surface area contributed by atoms with Crippen molar-refractivity contribution in [1.82, 2.24) is 14.3 Å². The molecule has 1 aliphatic heterocycles. The number of carboxylic acids is 1. The number of sulfonamides is 1. The summed E-state index contributed by atoms with van der Waals surface area (Å²) in [5.74, 6) is -1.13. The summed E-state index contributed by atoms with van der Waals surface area (Å²) in [5, 5.41) is 8.51. The van der Waals surface area contributed by atoms with Crippen LogP contribution in [0, 0.1) is 0 Å². The molecule has 1 aromatic heterocycles. The summed E-state index contributed by atoms with van der Waals surface area (Å²) >= 11 is 0. The number of H-pyrrole nitrogens is 1. The number of imidazole rings is 1. The van der Waals surface area contributed by atoms with Gasteiger partial charge in [-0.3, -0.25) is 4.79 Å². The number of aromatic amines is 1. The number of aliphatic carboxylic acids is 1. The standard InChI is InChI=1S/C7H9N3O4S/c11-6(12)5-1-4-10(5)15(13,14)7-8-2-3-9-7/h2-3,5H,1,4H2,(H,8,9)(H,11,12). The molecule has 0 aromatic carbocycles. The van der Waals surface area contributed by atoms with Gasteiger partial charge in [-0.05, 0) is 6.42 Å². The van der Waals surface area contributed by atoms with Gasteiger partial charge in [0.1, 0.15) is 6.04 Å². The molecule has 2 rings (SSSR count). The van der Waals surface area contributed by atoms with Gasteiger partial charge < -0.3 is 10.1 Å². The lowest BCUT2D eigenvalue weighted by molar-refractivity contribution is -0.144. The first-order valence-electron chi connectivity index (χ1n) is 4.27. The zero-order valence-electron chi connectivity index (χ0n) is 7.62. The third-order valence-corrected chi connectivity index (χ3v) is 4.05. The highest BCUT2D eigenvalue weighted by Gasteiger charge is 2.43. The lowest BCUT2D eigenvalue weighted by atomic mass is 10.1. The van der Waals surface area contributed by atoms with Crippen LogP contribution in [0.2, 0.25) is 0 Å². The summed E-state index contributed by atoms with van der Waals surface area (Å²) in [6.45, 7) is 0.222. The Labute approximate surface area is 85.8 Å². The molecule has 0 bridgehead atoms. The lowest BCUT2D eigenvalue weighted by Gasteiger charge is -2.35. The molecule has 0 radical (unpaired) electrons. The zero-order valence-corrected chi connectivity index (χ0v) is 8.44. The Kier molecular flexibility index (Phi) is 2.24. The summed E-state index contributed by atoms with van der Waals surface area (Å²) in [6, 6.07) is -0.958. The van der Waals surface area contributed by atoms with E-state index in [-0.39, 0.29) is 11.7 Å². The second kappa shape index (κ2) is 3.31. The van der Waals surface area contributed by atoms with Gasteiger partial charge >= 0.3 is 5.97 Å². The quantitative estimate of drug-likeness (QED) is 0.712. The molecule has 1 saturated heterocycles. The molecule has 1 aromatic rings. The number of aromatic nitrogens is 2. The molecule has 1 aliphatic rings. The summed E-state index contributed by atoms with van der Waals surface area (Å²) in [6.07, 6.45) is 3.03. The topological polar surface area (TPSA) is 103 Å². The van der Waals surface area contributed by atoms with E-state index >= 15 is 0 Å². The minimum absolute atomic E-state index is 0.214. The molecule has 2 N–H and O–H groups in total. The second-order valence-electron chi connectivity index (χ2n) is 3.15. The summed E-state index contributed by atoms with van der Waals surface area (Å²) < 4.78 is 24.4. The van der Waals surface area contributed by atoms with E-state index in [9.17, 15) is 13.2 Å². The van der Waals surface area contributed by atoms with Crippen molar-refractivity contribution in [3.63, 3.8) is 0 Å². The van der Waals surface area contributed by atoms with Crippen LogP contribution in [-0.4, -0.2) is 46.4 Å². The van der Waals surface area contributed by atoms with E-state index in [0.717, 1.165) is 4.31 Å². The number of rotatable bonds is 3. The maximum absolute atomic E-state index is 11.8. The Morgan fingerprint density at radius 3 is 2.80 bits per heavy atom. The van der Waals surface area contributed by atoms with Crippen molar-refractivity contribution in [3.05, 3.63) is 12.4 Å². The Morgan fingerprint density at radius 2 is 2.40 bits per heavy atom. The van der Waals surface area contributed by atoms with Crippen molar-refractivity contribution >= 4 is 16.0 Å². The van der Waals surface area contributed by atoms with E-state index in [1.54, 1.807) is 0 Å². The Bertz CT molecular complexity index is 466. The molecule has 0 saturated carbocycles. The van der Waals surface area contributed by atoms with Crippen LogP contribution in [0.15, 0.2) is 17.6 Å². The summed E-state index contributed by atoms with van der Waals surface area (Å²) in [7, 11) is -3.77. The smallest absolute Gasteiger partial charge is 0.322 e. The number of hydrogen-bond acceptors (Lipinski definition) is 4. The van der Waals surface area contributed by atoms with Gasteiger partial charge in [0.25, 0.3) is 10.0 Å². The highest BCUT2D eigenvalue weighted by molar-refractivity contribution is 7.89. The van der Waals surface area contributed by atoms with Gasteiger partial charge in [0, 0.05) is 18.9 Å². The van der Waals surface area contributed by atoms with Gasteiger partial charge in [-0.15, -0.1) is 0 Å². The fourth-order valence-electron chi connectivity index (χ4n) is 1.40. The van der Waals surface area contributed by atoms with E-state index in [1.165, 1.54) is 12.4 Å². The second-order valence-corrected chi connectivity index (χ2v) is 4.96. The van der Waals surface area contributed by atoms with Gasteiger partial charge in [0.2, 0.25) is 5.16 Å². The Hall–Kier alpha value is -1.41. The fraction of sp³-hybridized carbons (Fsp3) is 0.429. The first-order valence-corrected chi connectivity index (χ1v) is 5.71. The van der Waals surface area contributed by atoms with Crippen molar-refractivity contribution in [2.45, 2.75) is 17.6 Å². The van der Waals surface area contributed by atoms with E-state index < -0.39 is 22.0 Å². The van der Waals surface area contributed by atoms with Crippen LogP contribution < -0.4 is 0 Å². The monoisotopic (exact) mass is 231 g/mol. The van der Waals surface area contributed by atoms with Crippen molar-refractivity contribution in [2.75, 3.05) is 6.54 Å². The summed E-state index contributed by atoms with van der Waals surface area (Å²) in [4.78, 5) is 16.7. The Morgan fingerprint density at radius 1 is 1.67 bits per heavy atom. The molecule has 15 heavy (non-hydrogen) atoms. The predicted octanol–water partition coefficient (Wildman–Crippen LogP) is -0.743. The minimum Gasteiger partial charge on any atom is -0.480 e. The van der Waals surface area contributed by atoms with Gasteiger partial charge in [0.15, 0.2) is 0 Å². The molecule has 7 nitrogen and oxygen atoms in total. The Balaban J connectivity index is 2.28. The highest BCUT2D eigenvalue weighted by atomic mass is 32.2. The van der Waals surface area contributed by atoms with Crippen molar-refractivity contribution in [2.24, 2.45) is 0 Å². The molecular formula is C7H9N3O4S. The minimum atomic E-state index is -3.77. The van der Waals surface area contributed by atoms with Crippen LogP contribution in [0.5, 0.6) is 0 Å². The number of hydrogen-bond donors (Lipinski definition) is 2. The average molecular weight is 231 g/mol. The number of carboxylic acid groups (broad SMARTS) is 1. The maximum Gasteiger partial charge on any atom is 0.322 e. The molecule has 82 valence electrons. The SMILES string of the molecule is O=C(O)C1CCN1S(=O)(=O)c1ncc[nH]1. The van der Waals surface area contributed by atoms with Crippen LogP contribution in [0.25, 0.3) is 0 Å². The molecule has 1 unspecified atom stereocenters. The molecule has 0 amide bonds. The van der Waals surface area contributed by atoms with E-state index in [2.05, 4.69) is 9.97 Å². The van der Waals surface area contributed by atoms with Gasteiger partial charge in [0.05, 0.1) is 0 Å². The maximum atomic E-state index is 11.8. The van der Waals surface area contributed by atoms with E-state index in [4.69, 9.17) is 5.11 Å². The van der Waals surface area contributed by atoms with Crippen molar-refractivity contribution < 1.29 is 18.3 Å². The molecule has 1 atom stereocenters. The van der Waals surface area contributed by atoms with Gasteiger partial charge in [-0.1, -0.05) is 0 Å². The average Bonchev–Trinajstić information content (AvgIpc) is 2.50. The fourth-order valence-corrected chi connectivity index (χ4v) is 2.91. The third kappa shape index (κ3) is 1.51. The van der Waals surface area contributed by atoms with E-state index in [1.807, 2.05) is 0 Å².